The molecule has 0 saturated carbocycles. The highest BCUT2D eigenvalue weighted by Gasteiger charge is 2.16. The number of rotatable bonds is 7. The van der Waals surface area contributed by atoms with Gasteiger partial charge < -0.3 is 19.9 Å². The number of carboxylic acids is 1. The lowest BCUT2D eigenvalue weighted by atomic mass is 10.2. The molecule has 0 unspecified atom stereocenters. The van der Waals surface area contributed by atoms with Crippen LogP contribution in [0.2, 0.25) is 0 Å². The molecule has 104 valence electrons. The molecule has 19 heavy (non-hydrogen) atoms. The fourth-order valence-corrected chi connectivity index (χ4v) is 1.50. The van der Waals surface area contributed by atoms with Crippen molar-refractivity contribution < 1.29 is 24.2 Å². The molecule has 0 aliphatic rings. The van der Waals surface area contributed by atoms with E-state index in [4.69, 9.17) is 14.6 Å². The molecule has 1 amide bonds. The van der Waals surface area contributed by atoms with E-state index in [9.17, 15) is 9.59 Å². The number of ether oxygens (including phenoxy) is 2. The van der Waals surface area contributed by atoms with Crippen LogP contribution in [0.4, 0.5) is 4.79 Å². The number of carbonyl (C=O) groups excluding carboxylic acids is 1. The summed E-state index contributed by atoms with van der Waals surface area (Å²) in [6.45, 7) is 0.256. The van der Waals surface area contributed by atoms with Crippen LogP contribution in [-0.4, -0.2) is 36.9 Å². The third-order valence-corrected chi connectivity index (χ3v) is 2.32. The Morgan fingerprint density at radius 1 is 1.32 bits per heavy atom. The first-order chi connectivity index (χ1) is 9.11. The average Bonchev–Trinajstić information content (AvgIpc) is 2.37. The van der Waals surface area contributed by atoms with Gasteiger partial charge in [-0.15, -0.1) is 0 Å². The van der Waals surface area contributed by atoms with Gasteiger partial charge in [0.25, 0.3) is 0 Å². The van der Waals surface area contributed by atoms with Crippen molar-refractivity contribution in [1.82, 2.24) is 5.32 Å². The summed E-state index contributed by atoms with van der Waals surface area (Å²) in [4.78, 5) is 22.1. The molecule has 2 N–H and O–H groups in total. The first-order valence-electron chi connectivity index (χ1n) is 5.79. The SMILES string of the molecule is COC[C@@H](CC(=O)O)NC(=O)OCc1ccccc1. The first kappa shape index (κ1) is 15.0. The van der Waals surface area contributed by atoms with Crippen molar-refractivity contribution in [1.29, 1.82) is 0 Å². The molecule has 0 radical (unpaired) electrons. The van der Waals surface area contributed by atoms with E-state index in [2.05, 4.69) is 5.32 Å². The summed E-state index contributed by atoms with van der Waals surface area (Å²) in [6.07, 6.45) is -0.874. The van der Waals surface area contributed by atoms with Gasteiger partial charge in [0.15, 0.2) is 0 Å². The maximum Gasteiger partial charge on any atom is 0.407 e. The maximum atomic E-state index is 11.5. The van der Waals surface area contributed by atoms with Gasteiger partial charge in [-0.2, -0.15) is 0 Å². The molecule has 6 nitrogen and oxygen atoms in total. The van der Waals surface area contributed by atoms with Crippen LogP contribution in [0.5, 0.6) is 0 Å². The monoisotopic (exact) mass is 267 g/mol. The van der Waals surface area contributed by atoms with Crippen molar-refractivity contribution in [2.24, 2.45) is 0 Å². The highest BCUT2D eigenvalue weighted by Crippen LogP contribution is 2.01. The average molecular weight is 267 g/mol. The van der Waals surface area contributed by atoms with Crippen molar-refractivity contribution in [2.75, 3.05) is 13.7 Å². The minimum absolute atomic E-state index is 0.118. The lowest BCUT2D eigenvalue weighted by Gasteiger charge is -2.15. The zero-order valence-corrected chi connectivity index (χ0v) is 10.7. The molecule has 0 bridgehead atoms. The highest BCUT2D eigenvalue weighted by atomic mass is 16.5. The Morgan fingerprint density at radius 3 is 2.58 bits per heavy atom. The fraction of sp³-hybridized carbons (Fsp3) is 0.385. The van der Waals surface area contributed by atoms with Crippen LogP contribution in [0.3, 0.4) is 0 Å². The number of nitrogens with one attached hydrogen (secondary N) is 1. The van der Waals surface area contributed by atoms with Gasteiger partial charge in [-0.05, 0) is 5.56 Å². The van der Waals surface area contributed by atoms with Gasteiger partial charge in [-0.3, -0.25) is 4.79 Å². The zero-order chi connectivity index (χ0) is 14.1. The van der Waals surface area contributed by atoms with Crippen LogP contribution < -0.4 is 5.32 Å². The van der Waals surface area contributed by atoms with Gasteiger partial charge >= 0.3 is 12.1 Å². The largest absolute Gasteiger partial charge is 0.481 e. The van der Waals surface area contributed by atoms with Crippen molar-refractivity contribution in [3.63, 3.8) is 0 Å². The summed E-state index contributed by atoms with van der Waals surface area (Å²) in [6, 6.07) is 8.61. The van der Waals surface area contributed by atoms with Crippen LogP contribution in [0.15, 0.2) is 30.3 Å². The number of aliphatic carboxylic acids is 1. The van der Waals surface area contributed by atoms with Gasteiger partial charge in [0, 0.05) is 7.11 Å². The molecule has 1 aromatic carbocycles. The van der Waals surface area contributed by atoms with Crippen LogP contribution in [0.25, 0.3) is 0 Å². The van der Waals surface area contributed by atoms with E-state index in [0.717, 1.165) is 5.56 Å². The Bertz CT molecular complexity index is 407. The molecule has 0 heterocycles. The van der Waals surface area contributed by atoms with E-state index >= 15 is 0 Å². The molecule has 0 fully saturated rings. The van der Waals surface area contributed by atoms with E-state index < -0.39 is 18.1 Å². The lowest BCUT2D eigenvalue weighted by molar-refractivity contribution is -0.137. The number of benzene rings is 1. The maximum absolute atomic E-state index is 11.5. The van der Waals surface area contributed by atoms with Crippen molar-refractivity contribution in [2.45, 2.75) is 19.1 Å². The molecule has 0 saturated heterocycles. The Kier molecular flexibility index (Phi) is 6.38. The Labute approximate surface area is 111 Å². The van der Waals surface area contributed by atoms with Gasteiger partial charge in [0.05, 0.1) is 19.1 Å². The van der Waals surface area contributed by atoms with E-state index in [1.165, 1.54) is 7.11 Å². The second kappa shape index (κ2) is 8.10. The predicted octanol–water partition coefficient (Wildman–Crippen LogP) is 1.40. The second-order valence-electron chi connectivity index (χ2n) is 3.96. The molecule has 0 spiro atoms. The summed E-state index contributed by atoms with van der Waals surface area (Å²) in [5.74, 6) is -1.01. The number of carboxylic acid groups (broad SMARTS) is 1. The van der Waals surface area contributed by atoms with Crippen molar-refractivity contribution in [3.05, 3.63) is 35.9 Å². The Balaban J connectivity index is 2.37. The molecular formula is C13H17NO5. The molecule has 0 aliphatic heterocycles. The van der Waals surface area contributed by atoms with Crippen LogP contribution >= 0.6 is 0 Å². The van der Waals surface area contributed by atoms with Crippen molar-refractivity contribution in [3.8, 4) is 0 Å². The number of hydrogen-bond donors (Lipinski definition) is 2. The zero-order valence-electron chi connectivity index (χ0n) is 10.7. The minimum atomic E-state index is -1.01. The number of hydrogen-bond acceptors (Lipinski definition) is 4. The minimum Gasteiger partial charge on any atom is -0.481 e. The van der Waals surface area contributed by atoms with E-state index in [1.807, 2.05) is 30.3 Å². The normalized spacial score (nSPS) is 11.6. The highest BCUT2D eigenvalue weighted by molar-refractivity contribution is 5.71. The lowest BCUT2D eigenvalue weighted by Crippen LogP contribution is -2.39. The summed E-state index contributed by atoms with van der Waals surface area (Å²) < 4.78 is 9.82. The smallest absolute Gasteiger partial charge is 0.407 e. The molecule has 0 aromatic heterocycles. The first-order valence-corrected chi connectivity index (χ1v) is 5.79. The van der Waals surface area contributed by atoms with E-state index in [1.54, 1.807) is 0 Å². The summed E-state index contributed by atoms with van der Waals surface area (Å²) in [7, 11) is 1.44. The molecule has 1 atom stereocenters. The summed E-state index contributed by atoms with van der Waals surface area (Å²) >= 11 is 0. The van der Waals surface area contributed by atoms with Crippen LogP contribution in [0.1, 0.15) is 12.0 Å². The van der Waals surface area contributed by atoms with E-state index in [0.29, 0.717) is 0 Å². The molecule has 1 aromatic rings. The van der Waals surface area contributed by atoms with Gasteiger partial charge in [0.1, 0.15) is 6.61 Å². The van der Waals surface area contributed by atoms with Crippen molar-refractivity contribution >= 4 is 12.1 Å². The summed E-state index contributed by atoms with van der Waals surface area (Å²) in [5.41, 5.74) is 0.860. The van der Waals surface area contributed by atoms with E-state index in [-0.39, 0.29) is 19.6 Å². The summed E-state index contributed by atoms with van der Waals surface area (Å²) in [5, 5.41) is 11.1. The Morgan fingerprint density at radius 2 is 2.00 bits per heavy atom. The topological polar surface area (TPSA) is 84.9 Å². The fourth-order valence-electron chi connectivity index (χ4n) is 1.50. The van der Waals surface area contributed by atoms with Crippen LogP contribution in [0, 0.1) is 0 Å². The third kappa shape index (κ3) is 6.42. The predicted molar refractivity (Wildman–Crippen MR) is 67.7 cm³/mol. The number of amides is 1. The van der Waals surface area contributed by atoms with Gasteiger partial charge in [0.2, 0.25) is 0 Å². The Hall–Kier alpha value is -2.08. The van der Waals surface area contributed by atoms with Gasteiger partial charge in [-0.25, -0.2) is 4.79 Å². The number of carbonyl (C=O) groups is 2. The molecule has 0 aliphatic carbocycles. The number of methoxy groups -OCH3 is 1. The molecule has 6 heteroatoms. The standard InChI is InChI=1S/C13H17NO5/c1-18-9-11(7-12(15)16)14-13(17)19-8-10-5-3-2-4-6-10/h2-6,11H,7-9H2,1H3,(H,14,17)(H,15,16)/t11-/m1/s1. The molecule has 1 rings (SSSR count). The second-order valence-corrected chi connectivity index (χ2v) is 3.96. The number of alkyl carbamates (subject to hydrolysis) is 1. The van der Waals surface area contributed by atoms with Crippen LogP contribution in [-0.2, 0) is 20.9 Å². The molecular weight excluding hydrogens is 250 g/mol. The van der Waals surface area contributed by atoms with Gasteiger partial charge in [-0.1, -0.05) is 30.3 Å². The third-order valence-electron chi connectivity index (χ3n) is 2.32. The quantitative estimate of drug-likeness (QED) is 0.780.